The summed E-state index contributed by atoms with van der Waals surface area (Å²) in [6.07, 6.45) is 1.82. The Bertz CT molecular complexity index is 1260. The molecule has 3 aliphatic rings. The lowest BCUT2D eigenvalue weighted by molar-refractivity contribution is -0.136. The zero-order chi connectivity index (χ0) is 24.0. The molecule has 1 unspecified atom stereocenters. The minimum absolute atomic E-state index is 0.0469. The average molecular weight is 461 g/mol. The van der Waals surface area contributed by atoms with E-state index in [2.05, 4.69) is 10.6 Å². The number of carbonyl (C=O) groups is 5. The van der Waals surface area contributed by atoms with Gasteiger partial charge in [-0.15, -0.1) is 0 Å². The molecular weight excluding hydrogens is 438 g/mol. The lowest BCUT2D eigenvalue weighted by atomic mass is 10.0. The molecule has 174 valence electrons. The van der Waals surface area contributed by atoms with Crippen molar-refractivity contribution in [2.75, 3.05) is 29.0 Å². The van der Waals surface area contributed by atoms with E-state index in [1.165, 1.54) is 6.07 Å². The Morgan fingerprint density at radius 3 is 2.71 bits per heavy atom. The number of nitrogens with zero attached hydrogens (tertiary/aromatic N) is 2. The molecular formula is C24H23N5O5. The fourth-order valence-corrected chi connectivity index (χ4v) is 4.78. The van der Waals surface area contributed by atoms with Crippen LogP contribution < -0.4 is 21.3 Å². The third-order valence-corrected chi connectivity index (χ3v) is 6.43. The second-order valence-electron chi connectivity index (χ2n) is 8.57. The van der Waals surface area contributed by atoms with Crippen LogP contribution >= 0.6 is 0 Å². The number of rotatable bonds is 4. The molecule has 0 aliphatic carbocycles. The van der Waals surface area contributed by atoms with Gasteiger partial charge in [0.05, 0.1) is 17.7 Å². The zero-order valence-electron chi connectivity index (χ0n) is 18.3. The molecule has 0 spiro atoms. The van der Waals surface area contributed by atoms with Crippen LogP contribution in [0.4, 0.5) is 17.1 Å². The van der Waals surface area contributed by atoms with Gasteiger partial charge in [0.2, 0.25) is 17.7 Å². The lowest BCUT2D eigenvalue weighted by Gasteiger charge is -2.30. The van der Waals surface area contributed by atoms with Crippen LogP contribution in [0, 0.1) is 0 Å². The number of aryl methyl sites for hydroxylation is 1. The van der Waals surface area contributed by atoms with Crippen LogP contribution in [0.5, 0.6) is 0 Å². The van der Waals surface area contributed by atoms with Crippen molar-refractivity contribution < 1.29 is 24.0 Å². The summed E-state index contributed by atoms with van der Waals surface area (Å²) in [5, 5.41) is 5.18. The predicted octanol–water partition coefficient (Wildman–Crippen LogP) is 1.06. The first-order valence-electron chi connectivity index (χ1n) is 11.1. The number of nitrogens with two attached hydrogens (primary N) is 1. The first-order valence-corrected chi connectivity index (χ1v) is 11.1. The van der Waals surface area contributed by atoms with Crippen LogP contribution in [0.25, 0.3) is 0 Å². The number of anilines is 3. The molecule has 1 fully saturated rings. The summed E-state index contributed by atoms with van der Waals surface area (Å²) >= 11 is 0. The molecule has 34 heavy (non-hydrogen) atoms. The van der Waals surface area contributed by atoms with Crippen molar-refractivity contribution in [3.63, 3.8) is 0 Å². The van der Waals surface area contributed by atoms with E-state index in [9.17, 15) is 24.0 Å². The quantitative estimate of drug-likeness (QED) is 0.457. The third kappa shape index (κ3) is 3.57. The summed E-state index contributed by atoms with van der Waals surface area (Å²) in [7, 11) is 0. The number of imide groups is 2. The molecule has 0 saturated carbocycles. The van der Waals surface area contributed by atoms with Crippen LogP contribution in [-0.4, -0.2) is 53.6 Å². The number of nitrogen functional groups attached to an aromatic ring is 1. The van der Waals surface area contributed by atoms with Gasteiger partial charge in [0.1, 0.15) is 6.04 Å². The maximum Gasteiger partial charge on any atom is 0.264 e. The van der Waals surface area contributed by atoms with Gasteiger partial charge in [0.25, 0.3) is 11.8 Å². The van der Waals surface area contributed by atoms with Crippen LogP contribution in [0.1, 0.15) is 45.5 Å². The highest BCUT2D eigenvalue weighted by molar-refractivity contribution is 6.25. The average Bonchev–Trinajstić information content (AvgIpc) is 3.07. The van der Waals surface area contributed by atoms with E-state index in [1.807, 2.05) is 12.1 Å². The predicted molar refractivity (Wildman–Crippen MR) is 123 cm³/mol. The third-order valence-electron chi connectivity index (χ3n) is 6.43. The zero-order valence-corrected chi connectivity index (χ0v) is 18.3. The van der Waals surface area contributed by atoms with Crippen LogP contribution in [0.3, 0.4) is 0 Å². The molecule has 0 aromatic heterocycles. The van der Waals surface area contributed by atoms with E-state index in [1.54, 1.807) is 23.1 Å². The number of hydrogen-bond acceptors (Lipinski definition) is 7. The molecule has 5 amide bonds. The second-order valence-corrected chi connectivity index (χ2v) is 8.57. The second kappa shape index (κ2) is 8.29. The van der Waals surface area contributed by atoms with Crippen LogP contribution in [0.15, 0.2) is 36.4 Å². The Morgan fingerprint density at radius 1 is 1.09 bits per heavy atom. The van der Waals surface area contributed by atoms with E-state index in [-0.39, 0.29) is 36.4 Å². The van der Waals surface area contributed by atoms with Gasteiger partial charge in [-0.05, 0) is 49.1 Å². The highest BCUT2D eigenvalue weighted by Crippen LogP contribution is 2.33. The molecule has 2 aromatic rings. The van der Waals surface area contributed by atoms with Crippen LogP contribution in [-0.2, 0) is 20.8 Å². The molecule has 3 aliphatic heterocycles. The number of nitrogens with one attached hydrogen (secondary N) is 2. The molecule has 0 radical (unpaired) electrons. The Kier molecular flexibility index (Phi) is 5.27. The van der Waals surface area contributed by atoms with Crippen molar-refractivity contribution >= 4 is 46.6 Å². The lowest BCUT2D eigenvalue weighted by Crippen LogP contribution is -2.54. The molecule has 5 rings (SSSR count). The normalized spacial score (nSPS) is 19.6. The maximum atomic E-state index is 13.2. The fraction of sp³-hybridized carbons (Fsp3) is 0.292. The van der Waals surface area contributed by atoms with E-state index < -0.39 is 29.7 Å². The first kappa shape index (κ1) is 21.6. The van der Waals surface area contributed by atoms with Crippen molar-refractivity contribution in [3.8, 4) is 0 Å². The van der Waals surface area contributed by atoms with E-state index in [0.29, 0.717) is 17.9 Å². The van der Waals surface area contributed by atoms with E-state index in [4.69, 9.17) is 5.73 Å². The SMILES string of the molecule is Nc1ccc2c(c1)N(C(=O)CNc1cccc3c1C(=O)N(C1CCC(=O)NC1=O)C3=O)CCC2. The number of hydrogen-bond donors (Lipinski definition) is 3. The largest absolute Gasteiger partial charge is 0.399 e. The van der Waals surface area contributed by atoms with E-state index >= 15 is 0 Å². The van der Waals surface area contributed by atoms with Gasteiger partial charge in [0, 0.05) is 30.0 Å². The van der Waals surface area contributed by atoms with Crippen LogP contribution in [0.2, 0.25) is 0 Å². The van der Waals surface area contributed by atoms with Gasteiger partial charge >= 0.3 is 0 Å². The Morgan fingerprint density at radius 2 is 1.91 bits per heavy atom. The van der Waals surface area contributed by atoms with E-state index in [0.717, 1.165) is 29.0 Å². The molecule has 10 nitrogen and oxygen atoms in total. The standard InChI is InChI=1S/C24H23N5O5/c25-14-7-6-13-3-2-10-28(18(13)11-14)20(31)12-26-16-5-1-4-15-21(16)24(34)29(23(15)33)17-8-9-19(30)27-22(17)32/h1,4-7,11,17,26H,2-3,8-10,12,25H2,(H,27,30,32). The maximum absolute atomic E-state index is 13.2. The Balaban J connectivity index is 1.36. The van der Waals surface area contributed by atoms with Gasteiger partial charge in [0.15, 0.2) is 0 Å². The van der Waals surface area contributed by atoms with Crippen molar-refractivity contribution in [1.29, 1.82) is 0 Å². The Labute approximate surface area is 195 Å². The topological polar surface area (TPSA) is 142 Å². The van der Waals surface area contributed by atoms with Gasteiger partial charge in [-0.2, -0.15) is 0 Å². The highest BCUT2D eigenvalue weighted by Gasteiger charge is 2.45. The number of benzene rings is 2. The smallest absolute Gasteiger partial charge is 0.264 e. The van der Waals surface area contributed by atoms with Crippen molar-refractivity contribution in [1.82, 2.24) is 10.2 Å². The molecule has 4 N–H and O–H groups in total. The molecule has 3 heterocycles. The summed E-state index contributed by atoms with van der Waals surface area (Å²) in [6.45, 7) is 0.467. The number of fused-ring (bicyclic) bond motifs is 2. The first-order chi connectivity index (χ1) is 16.3. The summed E-state index contributed by atoms with van der Waals surface area (Å²) in [5.74, 6) is -2.51. The van der Waals surface area contributed by atoms with Crippen molar-refractivity contribution in [2.45, 2.75) is 31.7 Å². The molecule has 2 aromatic carbocycles. The molecule has 0 bridgehead atoms. The molecule has 1 atom stereocenters. The summed E-state index contributed by atoms with van der Waals surface area (Å²) in [5.41, 5.74) is 8.94. The number of amides is 5. The number of piperidine rings is 1. The van der Waals surface area contributed by atoms with Gasteiger partial charge in [-0.3, -0.25) is 34.2 Å². The monoisotopic (exact) mass is 461 g/mol. The van der Waals surface area contributed by atoms with Gasteiger partial charge in [-0.25, -0.2) is 0 Å². The van der Waals surface area contributed by atoms with Gasteiger partial charge < -0.3 is 16.0 Å². The molecule has 1 saturated heterocycles. The minimum atomic E-state index is -1.05. The molecule has 10 heteroatoms. The fourth-order valence-electron chi connectivity index (χ4n) is 4.78. The van der Waals surface area contributed by atoms with Crippen molar-refractivity contribution in [3.05, 3.63) is 53.1 Å². The minimum Gasteiger partial charge on any atom is -0.399 e. The number of carbonyl (C=O) groups excluding carboxylic acids is 5. The summed E-state index contributed by atoms with van der Waals surface area (Å²) in [4.78, 5) is 65.5. The summed E-state index contributed by atoms with van der Waals surface area (Å²) in [6, 6.07) is 9.22. The van der Waals surface area contributed by atoms with Crippen molar-refractivity contribution in [2.24, 2.45) is 0 Å². The van der Waals surface area contributed by atoms with Gasteiger partial charge in [-0.1, -0.05) is 12.1 Å². The summed E-state index contributed by atoms with van der Waals surface area (Å²) < 4.78 is 0. The Hall–Kier alpha value is -4.21. The highest BCUT2D eigenvalue weighted by atomic mass is 16.2.